The van der Waals surface area contributed by atoms with Gasteiger partial charge in [-0.15, -0.1) is 25.3 Å². The van der Waals surface area contributed by atoms with Crippen molar-refractivity contribution in [1.82, 2.24) is 0 Å². The van der Waals surface area contributed by atoms with E-state index in [1.54, 1.807) is 0 Å². The first-order valence-electron chi connectivity index (χ1n) is 19.6. The smallest absolute Gasteiger partial charge is 2.00 e. The number of benzene rings is 2. The molecule has 53 heavy (non-hydrogen) atoms. The number of hydrogen-bond acceptors (Lipinski definition) is 2. The van der Waals surface area contributed by atoms with Gasteiger partial charge < -0.3 is 37.6 Å². The van der Waals surface area contributed by atoms with Crippen molar-refractivity contribution in [3.63, 3.8) is 0 Å². The van der Waals surface area contributed by atoms with Gasteiger partial charge in [-0.2, -0.15) is 0 Å². The molecule has 2 N–H and O–H groups in total. The molecule has 0 unspecified atom stereocenters. The summed E-state index contributed by atoms with van der Waals surface area (Å²) in [6.07, 6.45) is 31.2. The zero-order valence-corrected chi connectivity index (χ0v) is 48.0. The fourth-order valence-corrected chi connectivity index (χ4v) is 6.90. The van der Waals surface area contributed by atoms with Crippen LogP contribution >= 0.6 is 49.7 Å². The van der Waals surface area contributed by atoms with Crippen molar-refractivity contribution in [2.45, 2.75) is 182 Å². The summed E-state index contributed by atoms with van der Waals surface area (Å²) in [5, 5.41) is 6.54. The van der Waals surface area contributed by atoms with Crippen molar-refractivity contribution >= 4 is 96.7 Å². The molecule has 0 bridgehead atoms. The molecule has 2 aromatic carbocycles. The molecule has 288 valence electrons. The van der Waals surface area contributed by atoms with Gasteiger partial charge >= 0.3 is 58.4 Å². The van der Waals surface area contributed by atoms with E-state index >= 15 is 0 Å². The number of thiol groups is 2. The van der Waals surface area contributed by atoms with Crippen LogP contribution in [0.1, 0.15) is 178 Å². The molecule has 0 spiro atoms. The zero-order chi connectivity index (χ0) is 35.2. The molecule has 0 saturated carbocycles. The van der Waals surface area contributed by atoms with Gasteiger partial charge in [0, 0.05) is 11.4 Å². The Morgan fingerprint density at radius 3 is 0.962 bits per heavy atom. The molecule has 11 heteroatoms. The fraction of sp³-hybridized carbons (Fsp3) is 0.667. The van der Waals surface area contributed by atoms with Crippen molar-refractivity contribution in [3.05, 3.63) is 58.7 Å². The Morgan fingerprint density at radius 1 is 0.434 bits per heavy atom. The molecule has 0 radical (unpaired) electrons. The topological polar surface area (TPSA) is 24.1 Å². The molecule has 0 amide bonds. The molecule has 0 aliphatic heterocycles. The van der Waals surface area contributed by atoms with Gasteiger partial charge in [-0.25, -0.2) is 0 Å². The van der Waals surface area contributed by atoms with Crippen molar-refractivity contribution in [3.8, 4) is 0 Å². The number of anilines is 2. The van der Waals surface area contributed by atoms with E-state index in [0.717, 1.165) is 24.2 Å². The van der Waals surface area contributed by atoms with Crippen LogP contribution in [-0.4, -0.2) is 8.64 Å². The van der Waals surface area contributed by atoms with Crippen LogP contribution in [0.25, 0.3) is 0 Å². The average Bonchev–Trinajstić information content (AvgIpc) is 3.06. The second-order valence-electron chi connectivity index (χ2n) is 13.4. The summed E-state index contributed by atoms with van der Waals surface area (Å²) in [6, 6.07) is 13.2. The number of rotatable bonds is 26. The molecular formula is C42H70N2S6Zn3+2. The maximum absolute atomic E-state index is 5.14. The van der Waals surface area contributed by atoms with Crippen molar-refractivity contribution < 1.29 is 58.4 Å². The first kappa shape index (κ1) is 63.7. The molecule has 2 nitrogen and oxygen atoms in total. The molecule has 0 heterocycles. The molecule has 2 rings (SSSR count). The maximum Gasteiger partial charge on any atom is 2.00 e. The van der Waals surface area contributed by atoms with E-state index < -0.39 is 0 Å². The fourth-order valence-electron chi connectivity index (χ4n) is 6.44. The Morgan fingerprint density at radius 2 is 0.698 bits per heavy atom. The Labute approximate surface area is 402 Å². The van der Waals surface area contributed by atoms with E-state index in [9.17, 15) is 0 Å². The number of nitrogens with one attached hydrogen (secondary N) is 2. The van der Waals surface area contributed by atoms with Crippen LogP contribution in [0.3, 0.4) is 0 Å². The van der Waals surface area contributed by atoms with Crippen LogP contribution in [0.15, 0.2) is 36.4 Å². The van der Waals surface area contributed by atoms with Gasteiger partial charge in [0.15, 0.2) is 0 Å². The molecule has 0 aliphatic rings. The third kappa shape index (κ3) is 33.1. The molecule has 0 aromatic heterocycles. The number of thiocarbonyl (C=S) groups is 2. The van der Waals surface area contributed by atoms with Gasteiger partial charge in [-0.3, -0.25) is 0 Å². The van der Waals surface area contributed by atoms with E-state index in [4.69, 9.17) is 24.4 Å². The normalized spacial score (nSPS) is 9.77. The van der Waals surface area contributed by atoms with Crippen molar-refractivity contribution in [1.29, 1.82) is 0 Å². The van der Waals surface area contributed by atoms with Crippen LogP contribution in [-0.2, 0) is 111 Å². The molecule has 0 atom stereocenters. The third-order valence-electron chi connectivity index (χ3n) is 9.19. The van der Waals surface area contributed by atoms with E-state index in [-0.39, 0.29) is 85.4 Å². The summed E-state index contributed by atoms with van der Waals surface area (Å²) >= 11 is 18.8. The summed E-state index contributed by atoms with van der Waals surface area (Å²) in [5.41, 5.74) is 8.24. The van der Waals surface area contributed by atoms with Crippen LogP contribution in [0.4, 0.5) is 11.4 Å². The Balaban J connectivity index is -0.000000265. The van der Waals surface area contributed by atoms with Crippen LogP contribution in [0, 0.1) is 0 Å². The molecule has 0 fully saturated rings. The van der Waals surface area contributed by atoms with E-state index in [1.807, 2.05) is 0 Å². The van der Waals surface area contributed by atoms with Crippen molar-refractivity contribution in [2.24, 2.45) is 0 Å². The second-order valence-corrected chi connectivity index (χ2v) is 15.7. The molecule has 0 saturated heterocycles. The summed E-state index contributed by atoms with van der Waals surface area (Å²) < 4.78 is 1.12. The Kier molecular flexibility index (Phi) is 53.6. The van der Waals surface area contributed by atoms with Crippen LogP contribution in [0.2, 0.25) is 0 Å². The van der Waals surface area contributed by atoms with Gasteiger partial charge in [0.1, 0.15) is 8.64 Å². The standard InChI is InChI=1S/2C21H35NS2.2S.3Zn/c2*1-3-5-7-9-11-14-18-15-13-17-20(22-21(23)24)19(18)16-12-10-8-6-4-2;;;;;/h2*13,15,17H,3-12,14,16H2,1-2H3,(H2,22,23,24);;;;;/q;;2*-2;3*+2. The largest absolute Gasteiger partial charge is 2.00 e. The minimum absolute atomic E-state index is 0. The third-order valence-corrected chi connectivity index (χ3v) is 9.62. The summed E-state index contributed by atoms with van der Waals surface area (Å²) in [4.78, 5) is 0. The Hall–Kier alpha value is 1.49. The second kappa shape index (κ2) is 44.6. The van der Waals surface area contributed by atoms with E-state index in [0.29, 0.717) is 8.64 Å². The predicted octanol–water partition coefficient (Wildman–Crippen LogP) is 14.7. The van der Waals surface area contributed by atoms with Crippen LogP contribution < -0.4 is 10.6 Å². The molecular weight excluding hydrogens is 921 g/mol. The van der Waals surface area contributed by atoms with Gasteiger partial charge in [0.25, 0.3) is 0 Å². The van der Waals surface area contributed by atoms with Crippen molar-refractivity contribution in [2.75, 3.05) is 10.6 Å². The van der Waals surface area contributed by atoms with Gasteiger partial charge in [0.2, 0.25) is 0 Å². The van der Waals surface area contributed by atoms with Gasteiger partial charge in [-0.05, 0) is 85.8 Å². The zero-order valence-electron chi connectivity index (χ0n) is 34.1. The van der Waals surface area contributed by atoms with E-state index in [1.165, 1.54) is 164 Å². The summed E-state index contributed by atoms with van der Waals surface area (Å²) in [6.45, 7) is 9.07. The molecule has 0 aliphatic carbocycles. The first-order chi connectivity index (χ1) is 23.4. The first-order valence-corrected chi connectivity index (χ1v) is 21.3. The Bertz CT molecular complexity index is 1050. The predicted molar refractivity (Wildman–Crippen MR) is 248 cm³/mol. The SMILES string of the molecule is CCCCCCCc1cccc(NC(=S)S)c1CCCCCCC.CCCCCCCc1cccc(NC(=S)S)c1CCCCCCC.[S-2].[S-2].[Zn+2].[Zn+2].[Zn+2]. The maximum atomic E-state index is 5.14. The minimum Gasteiger partial charge on any atom is -2.00 e. The minimum atomic E-state index is 0. The number of hydrogen-bond donors (Lipinski definition) is 4. The summed E-state index contributed by atoms with van der Waals surface area (Å²) in [7, 11) is 0. The summed E-state index contributed by atoms with van der Waals surface area (Å²) in [5.74, 6) is 0. The monoisotopic (exact) mass is 986 g/mol. The van der Waals surface area contributed by atoms with Crippen LogP contribution in [0.5, 0.6) is 0 Å². The number of unbranched alkanes of at least 4 members (excludes halogenated alkanes) is 16. The quantitative estimate of drug-likeness (QED) is 0.0327. The van der Waals surface area contributed by atoms with Gasteiger partial charge in [-0.1, -0.05) is 179 Å². The molecule has 2 aromatic rings. The average molecular weight is 992 g/mol. The van der Waals surface area contributed by atoms with E-state index in [2.05, 4.69) is 100.0 Å². The van der Waals surface area contributed by atoms with Gasteiger partial charge in [0.05, 0.1) is 0 Å². The number of aryl methyl sites for hydroxylation is 2.